The molecule has 22 heavy (non-hydrogen) atoms. The third-order valence-corrected chi connectivity index (χ3v) is 3.42. The van der Waals surface area contributed by atoms with E-state index in [-0.39, 0.29) is 0 Å². The minimum atomic E-state index is 0.562. The molecule has 118 valence electrons. The number of rotatable bonds is 8. The highest BCUT2D eigenvalue weighted by Gasteiger charge is 1.99. The van der Waals surface area contributed by atoms with Gasteiger partial charge in [0.25, 0.3) is 0 Å². The van der Waals surface area contributed by atoms with Gasteiger partial charge in [0, 0.05) is 28.9 Å². The highest BCUT2D eigenvalue weighted by Crippen LogP contribution is 2.23. The highest BCUT2D eigenvalue weighted by molar-refractivity contribution is 6.35. The molecule has 0 saturated heterocycles. The summed E-state index contributed by atoms with van der Waals surface area (Å²) in [5.41, 5.74) is 2.04. The Bertz CT molecular complexity index is 567. The van der Waals surface area contributed by atoms with Crippen LogP contribution in [0.5, 0.6) is 5.75 Å². The second-order valence-electron chi connectivity index (χ2n) is 4.70. The number of nitrogens with one attached hydrogen (secondary N) is 1. The van der Waals surface area contributed by atoms with Gasteiger partial charge >= 0.3 is 0 Å². The molecular formula is C17H19Cl2NO2. The summed E-state index contributed by atoms with van der Waals surface area (Å²) >= 11 is 11.9. The van der Waals surface area contributed by atoms with E-state index in [9.17, 15) is 0 Å². The van der Waals surface area contributed by atoms with Crippen LogP contribution in [0.15, 0.2) is 42.5 Å². The van der Waals surface area contributed by atoms with Crippen LogP contribution in [-0.4, -0.2) is 19.8 Å². The quantitative estimate of drug-likeness (QED) is 0.685. The largest absolute Gasteiger partial charge is 0.491 e. The topological polar surface area (TPSA) is 30.5 Å². The monoisotopic (exact) mass is 339 g/mol. The van der Waals surface area contributed by atoms with E-state index < -0.39 is 0 Å². The molecule has 0 unspecified atom stereocenters. The first kappa shape index (κ1) is 16.9. The predicted molar refractivity (Wildman–Crippen MR) is 92.2 cm³/mol. The first-order valence-electron chi connectivity index (χ1n) is 7.17. The summed E-state index contributed by atoms with van der Waals surface area (Å²) in [7, 11) is 0. The van der Waals surface area contributed by atoms with Crippen LogP contribution in [0.3, 0.4) is 0 Å². The van der Waals surface area contributed by atoms with E-state index in [0.29, 0.717) is 36.4 Å². The maximum Gasteiger partial charge on any atom is 0.119 e. The summed E-state index contributed by atoms with van der Waals surface area (Å²) in [5, 5.41) is 4.53. The van der Waals surface area contributed by atoms with Crippen LogP contribution in [0.25, 0.3) is 0 Å². The van der Waals surface area contributed by atoms with E-state index in [0.717, 1.165) is 17.0 Å². The molecule has 0 heterocycles. The van der Waals surface area contributed by atoms with Gasteiger partial charge in [0.1, 0.15) is 12.4 Å². The molecule has 0 aromatic heterocycles. The lowest BCUT2D eigenvalue weighted by molar-refractivity contribution is 0.110. The standard InChI is InChI=1S/C17H19Cl2NO2/c1-2-21-7-8-22-17-5-3-13(4-6-17)12-20-16-10-14(18)9-15(19)11-16/h3-6,9-11,20H,2,7-8,12H2,1H3. The number of hydrogen-bond donors (Lipinski definition) is 1. The van der Waals surface area contributed by atoms with Crippen LogP contribution in [0.1, 0.15) is 12.5 Å². The van der Waals surface area contributed by atoms with Crippen molar-refractivity contribution in [3.63, 3.8) is 0 Å². The Morgan fingerprint density at radius 1 is 0.955 bits per heavy atom. The summed E-state index contributed by atoms with van der Waals surface area (Å²) < 4.78 is 10.8. The van der Waals surface area contributed by atoms with Gasteiger partial charge in [0.15, 0.2) is 0 Å². The van der Waals surface area contributed by atoms with Gasteiger partial charge in [0.2, 0.25) is 0 Å². The Morgan fingerprint density at radius 2 is 1.64 bits per heavy atom. The number of halogens is 2. The lowest BCUT2D eigenvalue weighted by atomic mass is 10.2. The molecule has 2 rings (SSSR count). The molecule has 0 saturated carbocycles. The lowest BCUT2D eigenvalue weighted by Crippen LogP contribution is -2.06. The fraction of sp³-hybridized carbons (Fsp3) is 0.294. The summed E-state index contributed by atoms with van der Waals surface area (Å²) in [6, 6.07) is 13.4. The van der Waals surface area contributed by atoms with Gasteiger partial charge in [-0.15, -0.1) is 0 Å². The second-order valence-corrected chi connectivity index (χ2v) is 5.57. The van der Waals surface area contributed by atoms with Crippen molar-refractivity contribution in [3.8, 4) is 5.75 Å². The molecule has 0 aliphatic carbocycles. The third kappa shape index (κ3) is 5.76. The van der Waals surface area contributed by atoms with Crippen molar-refractivity contribution in [2.75, 3.05) is 25.1 Å². The van der Waals surface area contributed by atoms with E-state index in [1.165, 1.54) is 0 Å². The van der Waals surface area contributed by atoms with E-state index in [1.807, 2.05) is 43.3 Å². The Labute approximate surface area is 141 Å². The minimum absolute atomic E-state index is 0.562. The van der Waals surface area contributed by atoms with E-state index in [4.69, 9.17) is 32.7 Å². The zero-order valence-corrected chi connectivity index (χ0v) is 14.0. The number of benzene rings is 2. The Hall–Kier alpha value is -1.42. The van der Waals surface area contributed by atoms with Crippen molar-refractivity contribution in [1.29, 1.82) is 0 Å². The fourth-order valence-electron chi connectivity index (χ4n) is 1.93. The molecule has 0 fully saturated rings. The maximum atomic E-state index is 5.97. The van der Waals surface area contributed by atoms with E-state index in [1.54, 1.807) is 6.07 Å². The van der Waals surface area contributed by atoms with Gasteiger partial charge in [-0.05, 0) is 42.8 Å². The summed E-state index contributed by atoms with van der Waals surface area (Å²) in [6.07, 6.45) is 0. The smallest absolute Gasteiger partial charge is 0.119 e. The lowest BCUT2D eigenvalue weighted by Gasteiger charge is -2.09. The Balaban J connectivity index is 1.83. The zero-order valence-electron chi connectivity index (χ0n) is 12.4. The van der Waals surface area contributed by atoms with Crippen molar-refractivity contribution in [2.45, 2.75) is 13.5 Å². The molecule has 0 aliphatic rings. The molecule has 0 aliphatic heterocycles. The molecule has 0 radical (unpaired) electrons. The summed E-state index contributed by atoms with van der Waals surface area (Å²) in [4.78, 5) is 0. The zero-order chi connectivity index (χ0) is 15.8. The summed E-state index contributed by atoms with van der Waals surface area (Å²) in [5.74, 6) is 0.842. The molecule has 5 heteroatoms. The third-order valence-electron chi connectivity index (χ3n) is 2.98. The molecule has 3 nitrogen and oxygen atoms in total. The Kier molecular flexibility index (Phi) is 6.84. The van der Waals surface area contributed by atoms with Gasteiger partial charge in [-0.2, -0.15) is 0 Å². The molecule has 1 N–H and O–H groups in total. The van der Waals surface area contributed by atoms with E-state index >= 15 is 0 Å². The van der Waals surface area contributed by atoms with Crippen molar-refractivity contribution < 1.29 is 9.47 Å². The molecule has 0 atom stereocenters. The molecule has 0 amide bonds. The van der Waals surface area contributed by atoms with Crippen LogP contribution < -0.4 is 10.1 Å². The molecule has 0 bridgehead atoms. The molecular weight excluding hydrogens is 321 g/mol. The minimum Gasteiger partial charge on any atom is -0.491 e. The normalized spacial score (nSPS) is 10.5. The van der Waals surface area contributed by atoms with Crippen molar-refractivity contribution >= 4 is 28.9 Å². The average Bonchev–Trinajstić information content (AvgIpc) is 2.50. The number of hydrogen-bond acceptors (Lipinski definition) is 3. The number of anilines is 1. The average molecular weight is 340 g/mol. The summed E-state index contributed by atoms with van der Waals surface area (Å²) in [6.45, 7) is 4.54. The van der Waals surface area contributed by atoms with E-state index in [2.05, 4.69) is 5.32 Å². The van der Waals surface area contributed by atoms with Crippen molar-refractivity contribution in [1.82, 2.24) is 0 Å². The van der Waals surface area contributed by atoms with Gasteiger partial charge < -0.3 is 14.8 Å². The maximum absolute atomic E-state index is 5.97. The number of ether oxygens (including phenoxy) is 2. The fourth-order valence-corrected chi connectivity index (χ4v) is 2.45. The van der Waals surface area contributed by atoms with Crippen LogP contribution >= 0.6 is 23.2 Å². The highest BCUT2D eigenvalue weighted by atomic mass is 35.5. The predicted octanol–water partition coefficient (Wildman–Crippen LogP) is 5.02. The SMILES string of the molecule is CCOCCOc1ccc(CNc2cc(Cl)cc(Cl)c2)cc1. The van der Waals surface area contributed by atoms with Crippen molar-refractivity contribution in [3.05, 3.63) is 58.1 Å². The van der Waals surface area contributed by atoms with Gasteiger partial charge in [-0.25, -0.2) is 0 Å². The van der Waals surface area contributed by atoms with Crippen molar-refractivity contribution in [2.24, 2.45) is 0 Å². The van der Waals surface area contributed by atoms with Gasteiger partial charge in [-0.1, -0.05) is 35.3 Å². The van der Waals surface area contributed by atoms with Crippen LogP contribution in [0.4, 0.5) is 5.69 Å². The first-order valence-corrected chi connectivity index (χ1v) is 7.92. The van der Waals surface area contributed by atoms with Gasteiger partial charge in [-0.3, -0.25) is 0 Å². The second kappa shape index (κ2) is 8.89. The molecule has 2 aromatic carbocycles. The van der Waals surface area contributed by atoms with Gasteiger partial charge in [0.05, 0.1) is 6.61 Å². The Morgan fingerprint density at radius 3 is 2.27 bits per heavy atom. The molecule has 2 aromatic rings. The van der Waals surface area contributed by atoms with Crippen LogP contribution in [0.2, 0.25) is 10.0 Å². The van der Waals surface area contributed by atoms with Crippen LogP contribution in [0, 0.1) is 0 Å². The first-order chi connectivity index (χ1) is 10.7. The molecule has 0 spiro atoms. The van der Waals surface area contributed by atoms with Crippen LogP contribution in [-0.2, 0) is 11.3 Å².